The molecule has 2 fully saturated rings. The molecule has 2 aromatic heterocycles. The molecule has 0 bridgehead atoms. The van der Waals surface area contributed by atoms with Gasteiger partial charge in [-0.15, -0.1) is 10.2 Å². The molecule has 7 rings (SSSR count). The second-order valence-electron chi connectivity index (χ2n) is 11.9. The molecule has 2 aliphatic heterocycles. The molecule has 3 aromatic carbocycles. The fraction of sp³-hybridized carbons (Fsp3) is 0.353. The van der Waals surface area contributed by atoms with Crippen molar-refractivity contribution in [2.45, 2.75) is 62.6 Å². The van der Waals surface area contributed by atoms with E-state index in [0.717, 1.165) is 29.8 Å². The molecule has 0 radical (unpaired) electrons. The van der Waals surface area contributed by atoms with Crippen molar-refractivity contribution in [2.75, 3.05) is 13.7 Å². The van der Waals surface area contributed by atoms with Crippen LogP contribution < -0.4 is 0 Å². The predicted octanol–water partition coefficient (Wildman–Crippen LogP) is 5.84. The van der Waals surface area contributed by atoms with Crippen molar-refractivity contribution in [1.29, 1.82) is 0 Å². The Labute approximate surface area is 291 Å². The molecule has 274 valence electrons. The van der Waals surface area contributed by atoms with Crippen molar-refractivity contribution < 1.29 is 54.8 Å². The summed E-state index contributed by atoms with van der Waals surface area (Å²) >= 11 is 0. The molecule has 4 heterocycles. The number of alkyl halides is 6. The molecule has 52 heavy (non-hydrogen) atoms. The number of methoxy groups -OCH3 is 1. The van der Waals surface area contributed by atoms with Gasteiger partial charge in [0.15, 0.2) is 12.6 Å². The maximum absolute atomic E-state index is 13.1. The third kappa shape index (κ3) is 7.86. The van der Waals surface area contributed by atoms with Crippen molar-refractivity contribution in [1.82, 2.24) is 30.0 Å². The van der Waals surface area contributed by atoms with Crippen LogP contribution in [0.5, 0.6) is 0 Å². The first kappa shape index (κ1) is 35.7. The first-order valence-corrected chi connectivity index (χ1v) is 15.9. The lowest BCUT2D eigenvalue weighted by Gasteiger charge is -2.48. The average molecular weight is 733 g/mol. The van der Waals surface area contributed by atoms with Crippen LogP contribution in [0.15, 0.2) is 91.3 Å². The maximum Gasteiger partial charge on any atom is 0.416 e. The average Bonchev–Trinajstić information content (AvgIpc) is 3.83. The van der Waals surface area contributed by atoms with Crippen LogP contribution in [0.1, 0.15) is 34.4 Å². The van der Waals surface area contributed by atoms with Gasteiger partial charge in [0.2, 0.25) is 0 Å². The van der Waals surface area contributed by atoms with Crippen LogP contribution in [0, 0.1) is 0 Å². The van der Waals surface area contributed by atoms with Gasteiger partial charge < -0.3 is 28.4 Å². The van der Waals surface area contributed by atoms with Gasteiger partial charge in [-0.05, 0) is 48.5 Å². The summed E-state index contributed by atoms with van der Waals surface area (Å²) in [6.45, 7) is -0.0775. The van der Waals surface area contributed by atoms with Gasteiger partial charge in [-0.1, -0.05) is 40.8 Å². The van der Waals surface area contributed by atoms with Crippen LogP contribution in [0.4, 0.5) is 26.3 Å². The highest BCUT2D eigenvalue weighted by atomic mass is 19.4. The molecule has 18 heteroatoms. The molecule has 0 spiro atoms. The van der Waals surface area contributed by atoms with E-state index in [1.807, 2.05) is 30.3 Å². The maximum atomic E-state index is 13.1. The summed E-state index contributed by atoms with van der Waals surface area (Å²) in [4.78, 5) is 0. The molecule has 0 saturated carbocycles. The van der Waals surface area contributed by atoms with E-state index in [0.29, 0.717) is 22.8 Å². The lowest BCUT2D eigenvalue weighted by atomic mass is 9.97. The van der Waals surface area contributed by atoms with Gasteiger partial charge in [0.05, 0.1) is 54.7 Å². The highest BCUT2D eigenvalue weighted by Gasteiger charge is 2.51. The molecule has 5 aromatic rings. The van der Waals surface area contributed by atoms with E-state index in [4.69, 9.17) is 28.4 Å². The van der Waals surface area contributed by atoms with Crippen LogP contribution >= 0.6 is 0 Å². The standard InChI is InChI=1S/C34H30F6N6O6/c1-47-32-30(49-18-24-16-46(44-42-24)26-13-9-22(10-14-26)34(38,39)40)29(28-27(51-32)19-50-31(52-28)20-5-3-2-4-6-20)48-17-23-15-45(43-41-23)25-11-7-21(8-12-25)33(35,36)37/h2-16,27-32H,17-19H2,1H3/t27?,28-,29-,30?,31?,32+/m0/s1. The van der Waals surface area contributed by atoms with Gasteiger partial charge >= 0.3 is 12.4 Å². The summed E-state index contributed by atoms with van der Waals surface area (Å²) in [5, 5.41) is 16.3. The van der Waals surface area contributed by atoms with Gasteiger partial charge in [0.25, 0.3) is 0 Å². The number of aromatic nitrogens is 6. The van der Waals surface area contributed by atoms with Crippen molar-refractivity contribution in [3.8, 4) is 11.4 Å². The van der Waals surface area contributed by atoms with Gasteiger partial charge in [0, 0.05) is 12.7 Å². The monoisotopic (exact) mass is 732 g/mol. The summed E-state index contributed by atoms with van der Waals surface area (Å²) in [5.74, 6) is 0. The summed E-state index contributed by atoms with van der Waals surface area (Å²) in [6.07, 6.45) is -10.7. The van der Waals surface area contributed by atoms with E-state index < -0.39 is 60.5 Å². The molecule has 0 amide bonds. The number of hydrogen-bond acceptors (Lipinski definition) is 10. The van der Waals surface area contributed by atoms with E-state index in [2.05, 4.69) is 20.6 Å². The topological polar surface area (TPSA) is 117 Å². The first-order valence-electron chi connectivity index (χ1n) is 15.9. The molecule has 0 aliphatic carbocycles. The SMILES string of the molecule is CO[C@@H]1OC2COC(c3ccccc3)O[C@@H]2[C@H](OCc2cn(-c3ccc(C(F)(F)F)cc3)nn2)C1OCc1cn(-c2ccc(C(F)(F)F)cc2)nn1. The fourth-order valence-corrected chi connectivity index (χ4v) is 5.83. The second kappa shape index (κ2) is 14.7. The molecular weight excluding hydrogens is 702 g/mol. The van der Waals surface area contributed by atoms with Crippen molar-refractivity contribution >= 4 is 0 Å². The Kier molecular flexibility index (Phi) is 10.1. The minimum absolute atomic E-state index is 0.102. The zero-order valence-corrected chi connectivity index (χ0v) is 27.1. The van der Waals surface area contributed by atoms with Crippen molar-refractivity contribution in [2.24, 2.45) is 0 Å². The molecule has 6 atom stereocenters. The van der Waals surface area contributed by atoms with E-state index in [1.165, 1.54) is 53.1 Å². The minimum Gasteiger partial charge on any atom is -0.366 e. The lowest BCUT2D eigenvalue weighted by Crippen LogP contribution is -2.63. The quantitative estimate of drug-likeness (QED) is 0.162. The zero-order valence-electron chi connectivity index (χ0n) is 27.1. The normalized spacial score (nSPS) is 23.8. The fourth-order valence-electron chi connectivity index (χ4n) is 5.83. The first-order chi connectivity index (χ1) is 25.0. The van der Waals surface area contributed by atoms with E-state index in [-0.39, 0.29) is 19.8 Å². The Hall–Kier alpha value is -4.72. The number of rotatable bonds is 10. The number of fused-ring (bicyclic) bond motifs is 1. The highest BCUT2D eigenvalue weighted by Crippen LogP contribution is 2.37. The molecule has 12 nitrogen and oxygen atoms in total. The van der Waals surface area contributed by atoms with Gasteiger partial charge in [-0.25, -0.2) is 9.36 Å². The Morgan fingerprint density at radius 3 is 1.71 bits per heavy atom. The van der Waals surface area contributed by atoms with Gasteiger partial charge in [0.1, 0.15) is 35.8 Å². The van der Waals surface area contributed by atoms with E-state index in [9.17, 15) is 26.3 Å². The summed E-state index contributed by atoms with van der Waals surface area (Å²) < 4.78 is 118. The van der Waals surface area contributed by atoms with Crippen molar-refractivity contribution in [3.05, 3.63) is 119 Å². The van der Waals surface area contributed by atoms with Crippen LogP contribution in [0.3, 0.4) is 0 Å². The third-order valence-corrected chi connectivity index (χ3v) is 8.44. The number of hydrogen-bond donors (Lipinski definition) is 0. The summed E-state index contributed by atoms with van der Waals surface area (Å²) in [5.41, 5.74) is 0.622. The Morgan fingerprint density at radius 2 is 1.21 bits per heavy atom. The number of nitrogens with zero attached hydrogens (tertiary/aromatic N) is 6. The van der Waals surface area contributed by atoms with Crippen LogP contribution in [0.2, 0.25) is 0 Å². The van der Waals surface area contributed by atoms with Gasteiger partial charge in [-0.3, -0.25) is 0 Å². The van der Waals surface area contributed by atoms with Crippen LogP contribution in [-0.4, -0.2) is 74.4 Å². The molecule has 0 N–H and O–H groups in total. The highest BCUT2D eigenvalue weighted by molar-refractivity contribution is 5.36. The molecular formula is C34H30F6N6O6. The molecule has 2 saturated heterocycles. The van der Waals surface area contributed by atoms with E-state index in [1.54, 1.807) is 0 Å². The Bertz CT molecular complexity index is 1920. The van der Waals surface area contributed by atoms with Crippen molar-refractivity contribution in [3.63, 3.8) is 0 Å². The predicted molar refractivity (Wildman–Crippen MR) is 166 cm³/mol. The number of benzene rings is 3. The smallest absolute Gasteiger partial charge is 0.366 e. The van der Waals surface area contributed by atoms with Crippen LogP contribution in [-0.2, 0) is 54.0 Å². The number of halogens is 6. The Balaban J connectivity index is 1.10. The summed E-state index contributed by atoms with van der Waals surface area (Å²) in [7, 11) is 1.44. The molecule has 3 unspecified atom stereocenters. The minimum atomic E-state index is -4.48. The van der Waals surface area contributed by atoms with Gasteiger partial charge in [-0.2, -0.15) is 26.3 Å². The third-order valence-electron chi connectivity index (χ3n) is 8.44. The zero-order chi connectivity index (χ0) is 36.5. The Morgan fingerprint density at radius 1 is 0.692 bits per heavy atom. The second-order valence-corrected chi connectivity index (χ2v) is 11.9. The van der Waals surface area contributed by atoms with Crippen LogP contribution in [0.25, 0.3) is 11.4 Å². The molecule has 2 aliphatic rings. The lowest BCUT2D eigenvalue weighted by molar-refractivity contribution is -0.369. The summed E-state index contributed by atoms with van der Waals surface area (Å²) in [6, 6.07) is 18.2. The largest absolute Gasteiger partial charge is 0.416 e. The van der Waals surface area contributed by atoms with E-state index >= 15 is 0 Å². The number of ether oxygens (including phenoxy) is 6.